The first-order valence-corrected chi connectivity index (χ1v) is 7.33. The maximum Gasteiger partial charge on any atom is 0.140 e. The van der Waals surface area contributed by atoms with Gasteiger partial charge in [0.2, 0.25) is 0 Å². The quantitative estimate of drug-likeness (QED) is 0.904. The minimum absolute atomic E-state index is 0.0240. The lowest BCUT2D eigenvalue weighted by Crippen LogP contribution is -2.10. The molecule has 0 aliphatic carbocycles. The Hall–Kier alpha value is -1.39. The van der Waals surface area contributed by atoms with E-state index in [1.807, 2.05) is 31.2 Å². The zero-order valence-electron chi connectivity index (χ0n) is 11.6. The number of thiazole rings is 1. The molecule has 2 rings (SSSR count). The second kappa shape index (κ2) is 6.17. The van der Waals surface area contributed by atoms with E-state index in [1.54, 1.807) is 11.3 Å². The molecule has 0 aliphatic heterocycles. The van der Waals surface area contributed by atoms with Crippen LogP contribution in [0.2, 0.25) is 0 Å². The van der Waals surface area contributed by atoms with Gasteiger partial charge in [0.25, 0.3) is 0 Å². The van der Waals surface area contributed by atoms with Crippen molar-refractivity contribution in [3.63, 3.8) is 0 Å². The molecule has 19 heavy (non-hydrogen) atoms. The Balaban J connectivity index is 2.11. The molecule has 1 aromatic carbocycles. The van der Waals surface area contributed by atoms with Gasteiger partial charge in [-0.15, -0.1) is 11.3 Å². The van der Waals surface area contributed by atoms with Crippen molar-refractivity contribution < 1.29 is 4.74 Å². The Morgan fingerprint density at radius 2 is 2.05 bits per heavy atom. The molecule has 0 saturated carbocycles. The smallest absolute Gasteiger partial charge is 0.140 e. The first kappa shape index (κ1) is 14.0. The topological polar surface area (TPSA) is 48.1 Å². The van der Waals surface area contributed by atoms with E-state index in [1.165, 1.54) is 4.88 Å². The molecule has 0 unspecified atom stereocenters. The molecular formula is C15H20N2OS. The van der Waals surface area contributed by atoms with Crippen molar-refractivity contribution in [1.82, 2.24) is 4.98 Å². The maximum atomic E-state index is 6.10. The van der Waals surface area contributed by atoms with E-state index in [9.17, 15) is 0 Å². The minimum atomic E-state index is 0.0240. The fourth-order valence-corrected chi connectivity index (χ4v) is 2.73. The second-order valence-corrected chi connectivity index (χ2v) is 5.88. The number of benzene rings is 1. The highest BCUT2D eigenvalue weighted by Gasteiger charge is 2.11. The molecule has 1 aromatic heterocycles. The lowest BCUT2D eigenvalue weighted by Gasteiger charge is -2.14. The summed E-state index contributed by atoms with van der Waals surface area (Å²) in [7, 11) is 0. The number of nitrogens with zero attached hydrogens (tertiary/aromatic N) is 1. The zero-order chi connectivity index (χ0) is 13.8. The Bertz CT molecular complexity index is 531. The van der Waals surface area contributed by atoms with Gasteiger partial charge in [0.15, 0.2) is 0 Å². The van der Waals surface area contributed by atoms with Crippen molar-refractivity contribution in [3.8, 4) is 5.75 Å². The lowest BCUT2D eigenvalue weighted by molar-refractivity contribution is 0.300. The van der Waals surface area contributed by atoms with Gasteiger partial charge in [-0.25, -0.2) is 4.98 Å². The van der Waals surface area contributed by atoms with E-state index >= 15 is 0 Å². The van der Waals surface area contributed by atoms with E-state index in [-0.39, 0.29) is 6.04 Å². The number of ether oxygens (including phenoxy) is 1. The average molecular weight is 276 g/mol. The zero-order valence-corrected chi connectivity index (χ0v) is 12.5. The molecule has 102 valence electrons. The Morgan fingerprint density at radius 3 is 2.68 bits per heavy atom. The Labute approximate surface area is 118 Å². The van der Waals surface area contributed by atoms with E-state index in [4.69, 9.17) is 10.5 Å². The molecule has 4 heteroatoms. The van der Waals surface area contributed by atoms with Gasteiger partial charge in [0.05, 0.1) is 5.69 Å². The van der Waals surface area contributed by atoms with Crippen molar-refractivity contribution in [3.05, 3.63) is 45.4 Å². The fraction of sp³-hybridized carbons (Fsp3) is 0.400. The van der Waals surface area contributed by atoms with Crippen molar-refractivity contribution in [2.75, 3.05) is 0 Å². The monoisotopic (exact) mass is 276 g/mol. The van der Waals surface area contributed by atoms with Crippen LogP contribution >= 0.6 is 11.3 Å². The van der Waals surface area contributed by atoms with Gasteiger partial charge in [-0.05, 0) is 26.3 Å². The highest BCUT2D eigenvalue weighted by Crippen LogP contribution is 2.27. The molecule has 0 aliphatic rings. The van der Waals surface area contributed by atoms with Crippen LogP contribution in [0.4, 0.5) is 0 Å². The summed E-state index contributed by atoms with van der Waals surface area (Å²) in [6.07, 6.45) is 0.899. The summed E-state index contributed by atoms with van der Waals surface area (Å²) in [6.45, 7) is 6.69. The van der Waals surface area contributed by atoms with Crippen LogP contribution in [-0.4, -0.2) is 4.98 Å². The van der Waals surface area contributed by atoms with Gasteiger partial charge in [-0.1, -0.05) is 25.1 Å². The van der Waals surface area contributed by atoms with Gasteiger partial charge < -0.3 is 10.5 Å². The molecule has 1 atom stereocenters. The summed E-state index contributed by atoms with van der Waals surface area (Å²) in [4.78, 5) is 5.73. The number of nitrogens with two attached hydrogens (primary N) is 1. The van der Waals surface area contributed by atoms with Gasteiger partial charge >= 0.3 is 0 Å². The third-order valence-electron chi connectivity index (χ3n) is 3.18. The molecule has 1 heterocycles. The van der Waals surface area contributed by atoms with Crippen molar-refractivity contribution in [2.24, 2.45) is 5.73 Å². The number of rotatable bonds is 5. The van der Waals surface area contributed by atoms with Crippen LogP contribution in [0.3, 0.4) is 0 Å². The van der Waals surface area contributed by atoms with Gasteiger partial charge in [-0.3, -0.25) is 0 Å². The van der Waals surface area contributed by atoms with E-state index < -0.39 is 0 Å². The first-order valence-electron chi connectivity index (χ1n) is 6.52. The number of aryl methyl sites for hydroxylation is 2. The van der Waals surface area contributed by atoms with Crippen LogP contribution in [0.25, 0.3) is 0 Å². The van der Waals surface area contributed by atoms with Crippen LogP contribution in [-0.2, 0) is 6.61 Å². The Morgan fingerprint density at radius 1 is 1.32 bits per heavy atom. The molecular weight excluding hydrogens is 256 g/mol. The van der Waals surface area contributed by atoms with Crippen LogP contribution in [0.1, 0.15) is 40.5 Å². The molecule has 3 nitrogen and oxygen atoms in total. The fourth-order valence-electron chi connectivity index (χ4n) is 1.88. The first-order chi connectivity index (χ1) is 9.11. The Kier molecular flexibility index (Phi) is 4.56. The van der Waals surface area contributed by atoms with E-state index in [0.717, 1.165) is 28.4 Å². The average Bonchev–Trinajstić information content (AvgIpc) is 2.75. The third-order valence-corrected chi connectivity index (χ3v) is 4.23. The summed E-state index contributed by atoms with van der Waals surface area (Å²) in [5, 5.41) is 1.01. The standard InChI is InChI=1S/C15H20N2OS/c1-4-13(16)12-7-5-6-8-14(12)18-9-15-17-10(2)11(3)19-15/h5-8,13H,4,9,16H2,1-3H3/t13-/m0/s1. The largest absolute Gasteiger partial charge is 0.486 e. The third kappa shape index (κ3) is 3.33. The van der Waals surface area contributed by atoms with E-state index in [0.29, 0.717) is 6.61 Å². The van der Waals surface area contributed by atoms with Crippen molar-refractivity contribution in [1.29, 1.82) is 0 Å². The van der Waals surface area contributed by atoms with Crippen LogP contribution in [0.15, 0.2) is 24.3 Å². The predicted molar refractivity (Wildman–Crippen MR) is 79.6 cm³/mol. The molecule has 0 bridgehead atoms. The number of hydrogen-bond donors (Lipinski definition) is 1. The summed E-state index contributed by atoms with van der Waals surface area (Å²) in [5.74, 6) is 0.863. The molecule has 0 amide bonds. The molecule has 2 N–H and O–H groups in total. The van der Waals surface area contributed by atoms with Gasteiger partial charge in [0.1, 0.15) is 17.4 Å². The highest BCUT2D eigenvalue weighted by molar-refractivity contribution is 7.11. The molecule has 0 fully saturated rings. The summed E-state index contributed by atoms with van der Waals surface area (Å²) < 4.78 is 5.88. The second-order valence-electron chi connectivity index (χ2n) is 4.59. The van der Waals surface area contributed by atoms with Gasteiger partial charge in [-0.2, -0.15) is 0 Å². The minimum Gasteiger partial charge on any atom is -0.486 e. The number of hydrogen-bond acceptors (Lipinski definition) is 4. The molecule has 0 saturated heterocycles. The predicted octanol–water partition coefficient (Wildman–Crippen LogP) is 3.75. The van der Waals surface area contributed by atoms with Crippen molar-refractivity contribution >= 4 is 11.3 Å². The summed E-state index contributed by atoms with van der Waals surface area (Å²) in [6, 6.07) is 7.99. The highest BCUT2D eigenvalue weighted by atomic mass is 32.1. The molecule has 2 aromatic rings. The summed E-state index contributed by atoms with van der Waals surface area (Å²) in [5.41, 5.74) is 8.25. The normalized spacial score (nSPS) is 12.4. The van der Waals surface area contributed by atoms with Crippen LogP contribution in [0.5, 0.6) is 5.75 Å². The van der Waals surface area contributed by atoms with Crippen LogP contribution < -0.4 is 10.5 Å². The maximum absolute atomic E-state index is 6.10. The lowest BCUT2D eigenvalue weighted by atomic mass is 10.0. The van der Waals surface area contributed by atoms with Gasteiger partial charge in [0, 0.05) is 16.5 Å². The molecule has 0 radical (unpaired) electrons. The van der Waals surface area contributed by atoms with Crippen molar-refractivity contribution in [2.45, 2.75) is 39.8 Å². The summed E-state index contributed by atoms with van der Waals surface area (Å²) >= 11 is 1.69. The van der Waals surface area contributed by atoms with E-state index in [2.05, 4.69) is 18.8 Å². The SMILES string of the molecule is CC[C@H](N)c1ccccc1OCc1nc(C)c(C)s1. The van der Waals surface area contributed by atoms with Crippen LogP contribution in [0, 0.1) is 13.8 Å². The number of aromatic nitrogens is 1. The number of para-hydroxylation sites is 1. The molecule has 0 spiro atoms.